The molecular formula is C13H11Cl2FO. The monoisotopic (exact) mass is 272 g/mol. The Hall–Kier alpha value is -1.25. The molecule has 4 heteroatoms. The molecule has 1 aromatic rings. The van der Waals surface area contributed by atoms with Crippen molar-refractivity contribution in [1.82, 2.24) is 0 Å². The quantitative estimate of drug-likeness (QED) is 0.544. The average molecular weight is 273 g/mol. The number of allylic oxidation sites excluding steroid dienone is 3. The molecule has 0 bridgehead atoms. The summed E-state index contributed by atoms with van der Waals surface area (Å²) in [6.45, 7) is 5.51. The Morgan fingerprint density at radius 1 is 1.41 bits per heavy atom. The fourth-order valence-corrected chi connectivity index (χ4v) is 1.27. The van der Waals surface area contributed by atoms with Gasteiger partial charge in [0, 0.05) is 10.6 Å². The first-order chi connectivity index (χ1) is 8.02. The van der Waals surface area contributed by atoms with Gasteiger partial charge in [-0.25, -0.2) is 4.39 Å². The van der Waals surface area contributed by atoms with Crippen molar-refractivity contribution < 1.29 is 9.13 Å². The molecule has 0 aliphatic rings. The van der Waals surface area contributed by atoms with E-state index < -0.39 is 5.83 Å². The Labute approximate surface area is 110 Å². The molecule has 0 N–H and O–H groups in total. The maximum absolute atomic E-state index is 12.7. The minimum Gasteiger partial charge on any atom is -0.458 e. The van der Waals surface area contributed by atoms with Crippen molar-refractivity contribution in [2.24, 2.45) is 0 Å². The second-order valence-corrected chi connectivity index (χ2v) is 3.93. The summed E-state index contributed by atoms with van der Waals surface area (Å²) in [6.07, 6.45) is 2.53. The van der Waals surface area contributed by atoms with Crippen LogP contribution in [-0.4, -0.2) is 0 Å². The van der Waals surface area contributed by atoms with Crippen molar-refractivity contribution in [2.45, 2.75) is 6.92 Å². The Balaban J connectivity index is 2.68. The highest BCUT2D eigenvalue weighted by atomic mass is 35.5. The van der Waals surface area contributed by atoms with Gasteiger partial charge in [-0.1, -0.05) is 35.8 Å². The van der Waals surface area contributed by atoms with Crippen LogP contribution in [0.25, 0.3) is 0 Å². The van der Waals surface area contributed by atoms with Crippen LogP contribution in [-0.2, 0) is 0 Å². The number of ether oxygens (including phenoxy) is 1. The van der Waals surface area contributed by atoms with Crippen LogP contribution in [0.15, 0.2) is 54.1 Å². The standard InChI is InChI=1S/C13H11Cl2FO/c1-9-3-6-12(7-13(9)15)17-10(2)4-5-11(16)8-14/h3-8H,2H2,1H3/b5-4-,11-8-. The lowest BCUT2D eigenvalue weighted by atomic mass is 10.2. The van der Waals surface area contributed by atoms with E-state index in [-0.39, 0.29) is 0 Å². The zero-order valence-electron chi connectivity index (χ0n) is 9.21. The third-order valence-corrected chi connectivity index (χ3v) is 2.54. The Morgan fingerprint density at radius 3 is 2.71 bits per heavy atom. The molecule has 0 atom stereocenters. The van der Waals surface area contributed by atoms with Gasteiger partial charge in [0.2, 0.25) is 0 Å². The molecule has 0 heterocycles. The largest absolute Gasteiger partial charge is 0.458 e. The van der Waals surface area contributed by atoms with Crippen molar-refractivity contribution in [3.63, 3.8) is 0 Å². The summed E-state index contributed by atoms with van der Waals surface area (Å²) >= 11 is 11.1. The zero-order chi connectivity index (χ0) is 12.8. The van der Waals surface area contributed by atoms with Crippen LogP contribution in [0.3, 0.4) is 0 Å². The van der Waals surface area contributed by atoms with E-state index in [1.165, 1.54) is 6.08 Å². The van der Waals surface area contributed by atoms with Crippen molar-refractivity contribution in [1.29, 1.82) is 0 Å². The Bertz CT molecular complexity index is 478. The van der Waals surface area contributed by atoms with Crippen LogP contribution in [0.2, 0.25) is 5.02 Å². The maximum Gasteiger partial charge on any atom is 0.134 e. The van der Waals surface area contributed by atoms with Gasteiger partial charge in [0.05, 0.1) is 0 Å². The van der Waals surface area contributed by atoms with Gasteiger partial charge in [0.15, 0.2) is 0 Å². The average Bonchev–Trinajstić information content (AvgIpc) is 2.31. The highest BCUT2D eigenvalue weighted by Gasteiger charge is 1.99. The predicted molar refractivity (Wildman–Crippen MR) is 70.1 cm³/mol. The summed E-state index contributed by atoms with van der Waals surface area (Å²) in [6, 6.07) is 5.26. The van der Waals surface area contributed by atoms with Crippen molar-refractivity contribution >= 4 is 23.2 Å². The summed E-state index contributed by atoms with van der Waals surface area (Å²) in [5, 5.41) is 0.603. The fourth-order valence-electron chi connectivity index (χ4n) is 1.03. The molecule has 1 rings (SSSR count). The molecule has 0 fully saturated rings. The maximum atomic E-state index is 12.7. The minimum atomic E-state index is -0.571. The lowest BCUT2D eigenvalue weighted by molar-refractivity contribution is 0.446. The van der Waals surface area contributed by atoms with Crippen LogP contribution in [0.4, 0.5) is 4.39 Å². The summed E-state index contributed by atoms with van der Waals surface area (Å²) in [4.78, 5) is 0. The van der Waals surface area contributed by atoms with Crippen molar-refractivity contribution in [2.75, 3.05) is 0 Å². The van der Waals surface area contributed by atoms with Gasteiger partial charge < -0.3 is 4.74 Å². The van der Waals surface area contributed by atoms with E-state index in [1.54, 1.807) is 12.1 Å². The molecule has 1 nitrogen and oxygen atoms in total. The van der Waals surface area contributed by atoms with E-state index in [0.29, 0.717) is 16.5 Å². The van der Waals surface area contributed by atoms with E-state index >= 15 is 0 Å². The first kappa shape index (κ1) is 13.8. The Kier molecular flexibility index (Phi) is 5.26. The number of rotatable bonds is 4. The highest BCUT2D eigenvalue weighted by Crippen LogP contribution is 2.23. The lowest BCUT2D eigenvalue weighted by Gasteiger charge is -2.06. The fraction of sp³-hybridized carbons (Fsp3) is 0.0769. The number of hydrogen-bond acceptors (Lipinski definition) is 1. The normalized spacial score (nSPS) is 11.9. The molecule has 90 valence electrons. The van der Waals surface area contributed by atoms with Crippen LogP contribution >= 0.6 is 23.2 Å². The van der Waals surface area contributed by atoms with Crippen LogP contribution < -0.4 is 4.74 Å². The smallest absolute Gasteiger partial charge is 0.134 e. The molecule has 0 saturated carbocycles. The molecule has 0 saturated heterocycles. The molecule has 0 amide bonds. The van der Waals surface area contributed by atoms with Gasteiger partial charge >= 0.3 is 0 Å². The molecule has 0 unspecified atom stereocenters. The van der Waals surface area contributed by atoms with Crippen molar-refractivity contribution in [3.05, 3.63) is 64.6 Å². The van der Waals surface area contributed by atoms with Gasteiger partial charge in [-0.15, -0.1) is 0 Å². The summed E-state index contributed by atoms with van der Waals surface area (Å²) in [7, 11) is 0. The van der Waals surface area contributed by atoms with Gasteiger partial charge in [0.1, 0.15) is 17.3 Å². The van der Waals surface area contributed by atoms with Crippen LogP contribution in [0.1, 0.15) is 5.56 Å². The first-order valence-electron chi connectivity index (χ1n) is 4.80. The molecule has 0 radical (unpaired) electrons. The molecule has 0 aliphatic carbocycles. The second kappa shape index (κ2) is 6.48. The summed E-state index contributed by atoms with van der Waals surface area (Å²) in [5.74, 6) is 0.266. The number of hydrogen-bond donors (Lipinski definition) is 0. The van der Waals surface area contributed by atoms with Gasteiger partial charge in [-0.05, 0) is 36.8 Å². The minimum absolute atomic E-state index is 0.290. The molecule has 0 aromatic heterocycles. The number of benzene rings is 1. The van der Waals surface area contributed by atoms with E-state index in [2.05, 4.69) is 6.58 Å². The van der Waals surface area contributed by atoms with Crippen molar-refractivity contribution in [3.8, 4) is 5.75 Å². The van der Waals surface area contributed by atoms with E-state index in [0.717, 1.165) is 17.2 Å². The second-order valence-electron chi connectivity index (χ2n) is 3.31. The number of aryl methyl sites for hydroxylation is 1. The first-order valence-corrected chi connectivity index (χ1v) is 5.61. The van der Waals surface area contributed by atoms with E-state index in [4.69, 9.17) is 27.9 Å². The highest BCUT2D eigenvalue weighted by molar-refractivity contribution is 6.31. The van der Waals surface area contributed by atoms with E-state index in [1.807, 2.05) is 13.0 Å². The molecule has 0 spiro atoms. The molecule has 1 aromatic carbocycles. The van der Waals surface area contributed by atoms with Gasteiger partial charge in [-0.2, -0.15) is 0 Å². The Morgan fingerprint density at radius 2 is 2.12 bits per heavy atom. The SMILES string of the molecule is C=C(/C=C\C(F)=C\Cl)Oc1ccc(C)c(Cl)c1. The van der Waals surface area contributed by atoms with E-state index in [9.17, 15) is 4.39 Å². The van der Waals surface area contributed by atoms with Crippen LogP contribution in [0.5, 0.6) is 5.75 Å². The molecule has 17 heavy (non-hydrogen) atoms. The van der Waals surface area contributed by atoms with Gasteiger partial charge in [0.25, 0.3) is 0 Å². The predicted octanol–water partition coefficient (Wildman–Crippen LogP) is 5.15. The lowest BCUT2D eigenvalue weighted by Crippen LogP contribution is -1.90. The van der Waals surface area contributed by atoms with Gasteiger partial charge in [-0.3, -0.25) is 0 Å². The topological polar surface area (TPSA) is 9.23 Å². The summed E-state index contributed by atoms with van der Waals surface area (Å²) in [5.41, 5.74) is 1.78. The third-order valence-electron chi connectivity index (χ3n) is 1.92. The zero-order valence-corrected chi connectivity index (χ0v) is 10.7. The molecule has 0 aliphatic heterocycles. The number of halogens is 3. The van der Waals surface area contributed by atoms with Crippen LogP contribution in [0, 0.1) is 6.92 Å². The third kappa shape index (κ3) is 4.63. The molecular weight excluding hydrogens is 262 g/mol. The summed E-state index contributed by atoms with van der Waals surface area (Å²) < 4.78 is 18.0.